The van der Waals surface area contributed by atoms with E-state index < -0.39 is 5.97 Å². The number of amides is 1. The Kier molecular flexibility index (Phi) is 5.11. The summed E-state index contributed by atoms with van der Waals surface area (Å²) in [5.74, 6) is -0.598. The molecule has 0 aliphatic heterocycles. The Morgan fingerprint density at radius 2 is 1.92 bits per heavy atom. The summed E-state index contributed by atoms with van der Waals surface area (Å²) in [4.78, 5) is 22.7. The van der Waals surface area contributed by atoms with Crippen molar-refractivity contribution < 1.29 is 14.7 Å². The van der Waals surface area contributed by atoms with E-state index >= 15 is 0 Å². The van der Waals surface area contributed by atoms with Gasteiger partial charge in [-0.25, -0.2) is 0 Å². The van der Waals surface area contributed by atoms with Gasteiger partial charge in [-0.1, -0.05) is 13.8 Å². The number of nitrogens with zero attached hydrogens (tertiary/aromatic N) is 1. The number of hydrogen-bond acceptors (Lipinski definition) is 2. The molecule has 0 fully saturated rings. The largest absolute Gasteiger partial charge is 0.480 e. The first-order valence-electron chi connectivity index (χ1n) is 4.39. The lowest BCUT2D eigenvalue weighted by molar-refractivity contribution is -0.143. The Morgan fingerprint density at radius 3 is 2.31 bits per heavy atom. The molecule has 0 aliphatic rings. The number of hydrogen-bond donors (Lipinski definition) is 1. The van der Waals surface area contributed by atoms with Crippen molar-refractivity contribution in [1.29, 1.82) is 0 Å². The number of rotatable bonds is 5. The number of carbonyl (C=O) groups excluding carboxylic acids is 1. The third kappa shape index (κ3) is 6.13. The molecule has 0 aromatic rings. The molecule has 0 radical (unpaired) electrons. The van der Waals surface area contributed by atoms with Crippen LogP contribution in [0.5, 0.6) is 0 Å². The minimum Gasteiger partial charge on any atom is -0.480 e. The van der Waals surface area contributed by atoms with E-state index in [1.165, 1.54) is 11.9 Å². The van der Waals surface area contributed by atoms with Crippen LogP contribution in [0.3, 0.4) is 0 Å². The third-order valence-electron chi connectivity index (χ3n) is 1.73. The minimum atomic E-state index is -0.972. The number of carboxylic acid groups (broad SMARTS) is 1. The highest BCUT2D eigenvalue weighted by Crippen LogP contribution is 2.05. The molecule has 0 aromatic carbocycles. The van der Waals surface area contributed by atoms with Crippen molar-refractivity contribution >= 4 is 11.9 Å². The summed E-state index contributed by atoms with van der Waals surface area (Å²) < 4.78 is 0. The molecule has 1 N–H and O–H groups in total. The van der Waals surface area contributed by atoms with Crippen LogP contribution < -0.4 is 0 Å². The van der Waals surface area contributed by atoms with E-state index in [-0.39, 0.29) is 12.5 Å². The van der Waals surface area contributed by atoms with E-state index in [2.05, 4.69) is 0 Å². The molecule has 0 rings (SSSR count). The van der Waals surface area contributed by atoms with Crippen LogP contribution in [0.1, 0.15) is 26.7 Å². The summed E-state index contributed by atoms with van der Waals surface area (Å²) in [6, 6.07) is 0. The summed E-state index contributed by atoms with van der Waals surface area (Å²) in [7, 11) is 1.51. The van der Waals surface area contributed by atoms with Crippen molar-refractivity contribution in [2.24, 2.45) is 5.92 Å². The zero-order valence-corrected chi connectivity index (χ0v) is 8.41. The molecule has 4 heteroatoms. The van der Waals surface area contributed by atoms with Crippen LogP contribution in [0.2, 0.25) is 0 Å². The van der Waals surface area contributed by atoms with Crippen LogP contribution in [0.25, 0.3) is 0 Å². The van der Waals surface area contributed by atoms with Crippen molar-refractivity contribution in [3.05, 3.63) is 0 Å². The topological polar surface area (TPSA) is 57.6 Å². The van der Waals surface area contributed by atoms with Crippen LogP contribution in [0.4, 0.5) is 0 Å². The smallest absolute Gasteiger partial charge is 0.323 e. The second kappa shape index (κ2) is 5.56. The fourth-order valence-corrected chi connectivity index (χ4v) is 0.894. The molecular formula is C9H17NO3. The fraction of sp³-hybridized carbons (Fsp3) is 0.778. The van der Waals surface area contributed by atoms with Crippen molar-refractivity contribution in [3.63, 3.8) is 0 Å². The summed E-state index contributed by atoms with van der Waals surface area (Å²) >= 11 is 0. The monoisotopic (exact) mass is 187 g/mol. The van der Waals surface area contributed by atoms with Gasteiger partial charge in [0.2, 0.25) is 5.91 Å². The van der Waals surface area contributed by atoms with Gasteiger partial charge in [0.1, 0.15) is 6.54 Å². The zero-order valence-electron chi connectivity index (χ0n) is 8.41. The van der Waals surface area contributed by atoms with Crippen LogP contribution in [-0.4, -0.2) is 35.5 Å². The molecule has 1 amide bonds. The van der Waals surface area contributed by atoms with Gasteiger partial charge in [0.05, 0.1) is 0 Å². The molecule has 0 spiro atoms. The highest BCUT2D eigenvalue weighted by atomic mass is 16.4. The van der Waals surface area contributed by atoms with E-state index in [9.17, 15) is 9.59 Å². The fourth-order valence-electron chi connectivity index (χ4n) is 0.894. The first-order valence-corrected chi connectivity index (χ1v) is 4.39. The average molecular weight is 187 g/mol. The molecule has 0 bridgehead atoms. The summed E-state index contributed by atoms with van der Waals surface area (Å²) in [6.07, 6.45) is 1.24. The first kappa shape index (κ1) is 11.9. The molecule has 0 heterocycles. The molecule has 0 unspecified atom stereocenters. The van der Waals surface area contributed by atoms with Gasteiger partial charge < -0.3 is 10.0 Å². The van der Waals surface area contributed by atoms with Gasteiger partial charge in [-0.2, -0.15) is 0 Å². The first-order chi connectivity index (χ1) is 5.93. The minimum absolute atomic E-state index is 0.101. The number of aliphatic carboxylic acids is 1. The van der Waals surface area contributed by atoms with Crippen LogP contribution in [0, 0.1) is 5.92 Å². The summed E-state index contributed by atoms with van der Waals surface area (Å²) in [5, 5.41) is 8.42. The maximum absolute atomic E-state index is 11.2. The molecule has 0 saturated heterocycles. The summed E-state index contributed by atoms with van der Waals surface area (Å²) in [6.45, 7) is 3.85. The van der Waals surface area contributed by atoms with Gasteiger partial charge in [-0.15, -0.1) is 0 Å². The van der Waals surface area contributed by atoms with E-state index in [0.717, 1.165) is 6.42 Å². The van der Waals surface area contributed by atoms with Crippen molar-refractivity contribution in [3.8, 4) is 0 Å². The van der Waals surface area contributed by atoms with Crippen LogP contribution >= 0.6 is 0 Å². The molecule has 4 nitrogen and oxygen atoms in total. The molecular weight excluding hydrogens is 170 g/mol. The standard InChI is InChI=1S/C9H17NO3/c1-7(2)4-5-8(11)10(3)6-9(12)13/h7H,4-6H2,1-3H3,(H,12,13). The van der Waals surface area contributed by atoms with Crippen LogP contribution in [0.15, 0.2) is 0 Å². The lowest BCUT2D eigenvalue weighted by Gasteiger charge is -2.14. The highest BCUT2D eigenvalue weighted by Gasteiger charge is 2.11. The zero-order chi connectivity index (χ0) is 10.4. The predicted molar refractivity (Wildman–Crippen MR) is 49.3 cm³/mol. The second-order valence-electron chi connectivity index (χ2n) is 3.58. The number of carbonyl (C=O) groups is 2. The average Bonchev–Trinajstić information content (AvgIpc) is 1.98. The van der Waals surface area contributed by atoms with Crippen molar-refractivity contribution in [2.45, 2.75) is 26.7 Å². The van der Waals surface area contributed by atoms with E-state index in [0.29, 0.717) is 12.3 Å². The second-order valence-corrected chi connectivity index (χ2v) is 3.58. The van der Waals surface area contributed by atoms with Crippen LogP contribution in [-0.2, 0) is 9.59 Å². The SMILES string of the molecule is CC(C)CCC(=O)N(C)CC(=O)O. The Balaban J connectivity index is 3.76. The molecule has 0 atom stereocenters. The maximum Gasteiger partial charge on any atom is 0.323 e. The Bertz CT molecular complexity index is 189. The molecule has 76 valence electrons. The lowest BCUT2D eigenvalue weighted by atomic mass is 10.1. The molecule has 0 aromatic heterocycles. The Labute approximate surface area is 78.5 Å². The molecule has 13 heavy (non-hydrogen) atoms. The summed E-state index contributed by atoms with van der Waals surface area (Å²) in [5.41, 5.74) is 0. The lowest BCUT2D eigenvalue weighted by Crippen LogP contribution is -2.31. The van der Waals surface area contributed by atoms with Gasteiger partial charge in [-0.3, -0.25) is 9.59 Å². The Morgan fingerprint density at radius 1 is 1.38 bits per heavy atom. The normalized spacial score (nSPS) is 10.2. The van der Waals surface area contributed by atoms with Gasteiger partial charge in [0.25, 0.3) is 0 Å². The highest BCUT2D eigenvalue weighted by molar-refractivity contribution is 5.80. The van der Waals surface area contributed by atoms with Gasteiger partial charge in [-0.05, 0) is 12.3 Å². The van der Waals surface area contributed by atoms with Crippen molar-refractivity contribution in [2.75, 3.05) is 13.6 Å². The third-order valence-corrected chi connectivity index (χ3v) is 1.73. The molecule has 0 saturated carbocycles. The van der Waals surface area contributed by atoms with Crippen molar-refractivity contribution in [1.82, 2.24) is 4.90 Å². The Hall–Kier alpha value is -1.06. The molecule has 0 aliphatic carbocycles. The van der Waals surface area contributed by atoms with Gasteiger partial charge >= 0.3 is 5.97 Å². The van der Waals surface area contributed by atoms with Gasteiger partial charge in [0.15, 0.2) is 0 Å². The van der Waals surface area contributed by atoms with E-state index in [4.69, 9.17) is 5.11 Å². The predicted octanol–water partition coefficient (Wildman–Crippen LogP) is 0.966. The number of carboxylic acids is 1. The maximum atomic E-state index is 11.2. The number of likely N-dealkylation sites (N-methyl/N-ethyl adjacent to an activating group) is 1. The van der Waals surface area contributed by atoms with Gasteiger partial charge in [0, 0.05) is 13.5 Å². The van der Waals surface area contributed by atoms with E-state index in [1.54, 1.807) is 0 Å². The van der Waals surface area contributed by atoms with E-state index in [1.807, 2.05) is 13.8 Å². The quantitative estimate of drug-likeness (QED) is 0.697.